The summed E-state index contributed by atoms with van der Waals surface area (Å²) < 4.78 is 0. The first-order valence-electron chi connectivity index (χ1n) is 2.46. The Bertz CT molecular complexity index is 165. The van der Waals surface area contributed by atoms with Gasteiger partial charge in [0.05, 0.1) is 0 Å². The third-order valence-electron chi connectivity index (χ3n) is 0.828. The predicted molar refractivity (Wildman–Crippen MR) is 33.1 cm³/mol. The minimum Gasteiger partial charge on any atom is -0.237 e. The van der Waals surface area contributed by atoms with Crippen LogP contribution in [0.15, 0.2) is 24.4 Å². The van der Waals surface area contributed by atoms with Gasteiger partial charge in [-0.15, -0.1) is 0 Å². The summed E-state index contributed by atoms with van der Waals surface area (Å²) in [6.45, 7) is 0. The van der Waals surface area contributed by atoms with Gasteiger partial charge in [0.15, 0.2) is 5.82 Å². The number of hydrogen-bond acceptors (Lipinski definition) is 4. The van der Waals surface area contributed by atoms with Gasteiger partial charge in [-0.3, -0.25) is 0 Å². The Morgan fingerprint density at radius 2 is 2.44 bits per heavy atom. The first-order valence-corrected chi connectivity index (χ1v) is 2.46. The number of rotatable bonds is 2. The van der Waals surface area contributed by atoms with Crippen molar-refractivity contribution in [2.75, 3.05) is 5.48 Å². The van der Waals surface area contributed by atoms with Crippen molar-refractivity contribution < 1.29 is 4.94 Å². The van der Waals surface area contributed by atoms with Crippen molar-refractivity contribution in [2.45, 2.75) is 0 Å². The van der Waals surface area contributed by atoms with Crippen LogP contribution in [0.3, 0.4) is 0 Å². The van der Waals surface area contributed by atoms with Gasteiger partial charge in [0.25, 0.3) is 0 Å². The monoisotopic (exact) mass is 125 g/mol. The Morgan fingerprint density at radius 1 is 1.56 bits per heavy atom. The molecule has 0 amide bonds. The van der Waals surface area contributed by atoms with Gasteiger partial charge in [-0.2, -0.15) is 10.8 Å². The molecule has 4 heteroatoms. The van der Waals surface area contributed by atoms with Crippen molar-refractivity contribution in [1.29, 1.82) is 0 Å². The summed E-state index contributed by atoms with van der Waals surface area (Å²) in [7, 11) is 0. The smallest absolute Gasteiger partial charge is 0.151 e. The second kappa shape index (κ2) is 3.01. The summed E-state index contributed by atoms with van der Waals surface area (Å²) in [5.41, 5.74) is 2.37. The van der Waals surface area contributed by atoms with E-state index in [9.17, 15) is 0 Å². The average molecular weight is 125 g/mol. The van der Waals surface area contributed by atoms with E-state index >= 15 is 0 Å². The number of nitrogens with zero attached hydrogens (tertiary/aromatic N) is 1. The molecule has 9 heavy (non-hydrogen) atoms. The van der Waals surface area contributed by atoms with Crippen molar-refractivity contribution in [3.05, 3.63) is 24.4 Å². The highest BCUT2D eigenvalue weighted by atomic mass is 16.8. The molecule has 0 aromatic carbocycles. The molecule has 0 unspecified atom stereocenters. The molecule has 0 saturated heterocycles. The molecule has 0 atom stereocenters. The zero-order chi connectivity index (χ0) is 6.53. The number of nitrogens with one attached hydrogen (secondary N) is 1. The van der Waals surface area contributed by atoms with Crippen molar-refractivity contribution in [2.24, 2.45) is 5.90 Å². The van der Waals surface area contributed by atoms with Crippen LogP contribution in [0.1, 0.15) is 0 Å². The predicted octanol–water partition coefficient (Wildman–Crippen LogP) is 0.299. The lowest BCUT2D eigenvalue weighted by Crippen LogP contribution is -2.07. The Balaban J connectivity index is 2.61. The summed E-state index contributed by atoms with van der Waals surface area (Å²) in [4.78, 5) is 7.97. The van der Waals surface area contributed by atoms with Crippen LogP contribution in [-0.4, -0.2) is 4.98 Å². The van der Waals surface area contributed by atoms with Crippen LogP contribution in [0.4, 0.5) is 5.82 Å². The highest BCUT2D eigenvalue weighted by Crippen LogP contribution is 1.96. The fourth-order valence-electron chi connectivity index (χ4n) is 0.484. The second-order valence-corrected chi connectivity index (χ2v) is 1.43. The first-order chi connectivity index (χ1) is 4.43. The van der Waals surface area contributed by atoms with Gasteiger partial charge < -0.3 is 0 Å². The Morgan fingerprint density at radius 3 is 3.00 bits per heavy atom. The van der Waals surface area contributed by atoms with Crippen LogP contribution in [-0.2, 0) is 4.94 Å². The topological polar surface area (TPSA) is 60.2 Å². The molecule has 0 saturated carbocycles. The van der Waals surface area contributed by atoms with E-state index in [0.29, 0.717) is 5.82 Å². The average Bonchev–Trinajstić information content (AvgIpc) is 1.91. The minimum atomic E-state index is 0.597. The molecule has 0 aliphatic heterocycles. The fourth-order valence-corrected chi connectivity index (χ4v) is 0.484. The maximum Gasteiger partial charge on any atom is 0.151 e. The van der Waals surface area contributed by atoms with Crippen LogP contribution >= 0.6 is 0 Å². The van der Waals surface area contributed by atoms with Crippen molar-refractivity contribution in [3.8, 4) is 0 Å². The quantitative estimate of drug-likeness (QED) is 0.558. The van der Waals surface area contributed by atoms with Gasteiger partial charge in [-0.1, -0.05) is 6.07 Å². The van der Waals surface area contributed by atoms with Gasteiger partial charge in [-0.25, -0.2) is 10.5 Å². The van der Waals surface area contributed by atoms with Gasteiger partial charge in [0, 0.05) is 6.20 Å². The van der Waals surface area contributed by atoms with E-state index in [1.807, 2.05) is 12.1 Å². The minimum absolute atomic E-state index is 0.597. The van der Waals surface area contributed by atoms with Crippen molar-refractivity contribution in [1.82, 2.24) is 4.98 Å². The van der Waals surface area contributed by atoms with Crippen molar-refractivity contribution in [3.63, 3.8) is 0 Å². The van der Waals surface area contributed by atoms with Crippen LogP contribution < -0.4 is 11.4 Å². The molecule has 0 fully saturated rings. The van der Waals surface area contributed by atoms with E-state index in [4.69, 9.17) is 5.90 Å². The molecule has 1 rings (SSSR count). The number of hydrogen-bond donors (Lipinski definition) is 2. The van der Waals surface area contributed by atoms with Gasteiger partial charge >= 0.3 is 0 Å². The molecular weight excluding hydrogens is 118 g/mol. The summed E-state index contributed by atoms with van der Waals surface area (Å²) in [5, 5.41) is 0. The summed E-state index contributed by atoms with van der Waals surface area (Å²) in [6.07, 6.45) is 1.64. The lowest BCUT2D eigenvalue weighted by atomic mass is 10.5. The maximum atomic E-state index is 4.71. The van der Waals surface area contributed by atoms with Gasteiger partial charge in [0.2, 0.25) is 0 Å². The molecule has 0 spiro atoms. The molecule has 0 aliphatic rings. The summed E-state index contributed by atoms with van der Waals surface area (Å²) >= 11 is 0. The normalized spacial score (nSPS) is 9.00. The van der Waals surface area contributed by atoms with Gasteiger partial charge in [-0.05, 0) is 12.1 Å². The van der Waals surface area contributed by atoms with Crippen molar-refractivity contribution >= 4 is 5.82 Å². The maximum absolute atomic E-state index is 4.71. The summed E-state index contributed by atoms with van der Waals surface area (Å²) in [5.74, 6) is 5.31. The third-order valence-corrected chi connectivity index (χ3v) is 0.828. The zero-order valence-corrected chi connectivity index (χ0v) is 4.74. The van der Waals surface area contributed by atoms with Crippen LogP contribution in [0, 0.1) is 0 Å². The first kappa shape index (κ1) is 6.00. The van der Waals surface area contributed by atoms with E-state index in [1.54, 1.807) is 12.3 Å². The number of aromatic nitrogens is 1. The highest BCUT2D eigenvalue weighted by Gasteiger charge is 1.84. The second-order valence-electron chi connectivity index (χ2n) is 1.43. The van der Waals surface area contributed by atoms with Gasteiger partial charge in [0.1, 0.15) is 0 Å². The molecule has 1 heterocycles. The summed E-state index contributed by atoms with van der Waals surface area (Å²) in [6, 6.07) is 5.38. The SMILES string of the molecule is NONc1ccccn1. The standard InChI is InChI=1S/C5H7N3O/c6-9-8-5-3-1-2-4-7-5/h1-4H,6H2,(H,7,8). The highest BCUT2D eigenvalue weighted by molar-refractivity contribution is 5.29. The lowest BCUT2D eigenvalue weighted by molar-refractivity contribution is 0.200. The molecule has 4 nitrogen and oxygen atoms in total. The molecule has 1 aromatic heterocycles. The molecule has 0 radical (unpaired) electrons. The molecule has 1 aromatic rings. The van der Waals surface area contributed by atoms with Crippen LogP contribution in [0.2, 0.25) is 0 Å². The number of nitrogens with two attached hydrogens (primary N) is 1. The molecule has 48 valence electrons. The molecule has 0 bridgehead atoms. The lowest BCUT2D eigenvalue weighted by Gasteiger charge is -1.97. The molecular formula is C5H7N3O. The van der Waals surface area contributed by atoms with E-state index < -0.39 is 0 Å². The van der Waals surface area contributed by atoms with Crippen LogP contribution in [0.25, 0.3) is 0 Å². The van der Waals surface area contributed by atoms with E-state index in [2.05, 4.69) is 15.4 Å². The van der Waals surface area contributed by atoms with E-state index in [1.165, 1.54) is 0 Å². The largest absolute Gasteiger partial charge is 0.237 e. The Labute approximate surface area is 52.6 Å². The number of pyridine rings is 1. The number of anilines is 1. The van der Waals surface area contributed by atoms with Crippen LogP contribution in [0.5, 0.6) is 0 Å². The Hall–Kier alpha value is -1.13. The third kappa shape index (κ3) is 1.67. The van der Waals surface area contributed by atoms with E-state index in [-0.39, 0.29) is 0 Å². The zero-order valence-electron chi connectivity index (χ0n) is 4.74. The Kier molecular flexibility index (Phi) is 2.00. The van der Waals surface area contributed by atoms with E-state index in [0.717, 1.165) is 0 Å². The fraction of sp³-hybridized carbons (Fsp3) is 0. The molecule has 3 N–H and O–H groups in total. The molecule has 0 aliphatic carbocycles.